The van der Waals surface area contributed by atoms with Gasteiger partial charge >= 0.3 is 10.1 Å². The molecular weight excluding hydrogens is 280 g/mol. The smallest absolute Gasteiger partial charge is 0.302 e. The lowest BCUT2D eigenvalue weighted by molar-refractivity contribution is 0.365. The van der Waals surface area contributed by atoms with Crippen molar-refractivity contribution in [2.45, 2.75) is 9.79 Å². The Morgan fingerprint density at radius 3 is 1.65 bits per heavy atom. The summed E-state index contributed by atoms with van der Waals surface area (Å²) in [6.45, 7) is 0. The summed E-state index contributed by atoms with van der Waals surface area (Å²) >= 11 is 0. The first-order valence-corrected chi connectivity index (χ1v) is 6.57. The molecule has 11 heteroatoms. The third-order valence-electron chi connectivity index (χ3n) is 1.71. The quantitative estimate of drug-likeness (QED) is 0.268. The first-order valence-electron chi connectivity index (χ1n) is 3.69. The van der Waals surface area contributed by atoms with Crippen LogP contribution in [0.5, 0.6) is 17.2 Å². The van der Waals surface area contributed by atoms with Gasteiger partial charge in [0, 0.05) is 6.07 Å². The number of phenolic OH excluding ortho intramolecular Hbond substituents is 3. The zero-order valence-corrected chi connectivity index (χ0v) is 9.40. The molecule has 0 saturated carbocycles. The molecule has 0 aliphatic carbocycles. The standard InChI is InChI=1S/C6H6O9S2/c7-2-1-3(16(10,11)12)5(9)6(4(2)8)17(13,14)15/h1,7-9H,(H,10,11,12)(H,13,14,15). The molecule has 0 aromatic heterocycles. The second kappa shape index (κ2) is 3.73. The van der Waals surface area contributed by atoms with E-state index < -0.39 is 47.3 Å². The Labute approximate surface area is 95.1 Å². The van der Waals surface area contributed by atoms with Crippen LogP contribution in [0.15, 0.2) is 15.9 Å². The minimum atomic E-state index is -5.20. The average Bonchev–Trinajstić information content (AvgIpc) is 2.07. The Bertz CT molecular complexity index is 670. The maximum atomic E-state index is 10.8. The number of rotatable bonds is 2. The lowest BCUT2D eigenvalue weighted by Gasteiger charge is -2.09. The zero-order chi connectivity index (χ0) is 13.6. The van der Waals surface area contributed by atoms with Gasteiger partial charge in [-0.1, -0.05) is 0 Å². The van der Waals surface area contributed by atoms with Crippen molar-refractivity contribution in [3.8, 4) is 17.2 Å². The van der Waals surface area contributed by atoms with E-state index in [9.17, 15) is 21.9 Å². The fourth-order valence-electron chi connectivity index (χ4n) is 1.04. The molecule has 1 rings (SSSR count). The summed E-state index contributed by atoms with van der Waals surface area (Å²) in [5, 5.41) is 27.3. The monoisotopic (exact) mass is 286 g/mol. The van der Waals surface area contributed by atoms with E-state index in [1.54, 1.807) is 0 Å². The number of hydrogen-bond acceptors (Lipinski definition) is 7. The highest BCUT2D eigenvalue weighted by atomic mass is 32.2. The predicted octanol–water partition coefficient (Wildman–Crippen LogP) is -0.703. The third-order valence-corrected chi connectivity index (χ3v) is 3.48. The first kappa shape index (κ1) is 13.5. The van der Waals surface area contributed by atoms with E-state index in [0.29, 0.717) is 0 Å². The molecule has 0 amide bonds. The van der Waals surface area contributed by atoms with E-state index in [1.165, 1.54) is 0 Å². The summed E-state index contributed by atoms with van der Waals surface area (Å²) in [4.78, 5) is -2.99. The van der Waals surface area contributed by atoms with Gasteiger partial charge < -0.3 is 15.3 Å². The number of benzene rings is 1. The molecule has 0 saturated heterocycles. The molecule has 1 aromatic carbocycles. The van der Waals surface area contributed by atoms with Gasteiger partial charge in [-0.2, -0.15) is 16.8 Å². The van der Waals surface area contributed by atoms with Crippen molar-refractivity contribution in [3.05, 3.63) is 6.07 Å². The summed E-state index contributed by atoms with van der Waals surface area (Å²) in [6, 6.07) is 0.217. The highest BCUT2D eigenvalue weighted by Gasteiger charge is 2.30. The number of aromatic hydroxyl groups is 3. The highest BCUT2D eigenvalue weighted by Crippen LogP contribution is 2.42. The molecule has 96 valence electrons. The molecule has 0 unspecified atom stereocenters. The van der Waals surface area contributed by atoms with E-state index in [0.717, 1.165) is 0 Å². The average molecular weight is 286 g/mol. The van der Waals surface area contributed by atoms with Gasteiger partial charge in [-0.25, -0.2) is 0 Å². The van der Waals surface area contributed by atoms with Crippen LogP contribution in [-0.2, 0) is 20.2 Å². The largest absolute Gasteiger partial charge is 0.505 e. The topological polar surface area (TPSA) is 169 Å². The van der Waals surface area contributed by atoms with Gasteiger partial charge in [-0.3, -0.25) is 9.11 Å². The minimum absolute atomic E-state index is 0.217. The second-order valence-electron chi connectivity index (χ2n) is 2.87. The fourth-order valence-corrected chi connectivity index (χ4v) is 2.42. The van der Waals surface area contributed by atoms with E-state index in [2.05, 4.69) is 0 Å². The second-order valence-corrected chi connectivity index (χ2v) is 5.62. The fraction of sp³-hybridized carbons (Fsp3) is 0. The van der Waals surface area contributed by atoms with E-state index in [-0.39, 0.29) is 6.07 Å². The molecule has 0 atom stereocenters. The minimum Gasteiger partial charge on any atom is -0.505 e. The van der Waals surface area contributed by atoms with Crippen molar-refractivity contribution in [3.63, 3.8) is 0 Å². The number of hydrogen-bond donors (Lipinski definition) is 5. The van der Waals surface area contributed by atoms with E-state index in [4.69, 9.17) is 19.3 Å². The van der Waals surface area contributed by atoms with Crippen molar-refractivity contribution in [1.29, 1.82) is 0 Å². The van der Waals surface area contributed by atoms with Crippen LogP contribution in [0.4, 0.5) is 0 Å². The van der Waals surface area contributed by atoms with Crippen molar-refractivity contribution in [2.75, 3.05) is 0 Å². The zero-order valence-electron chi connectivity index (χ0n) is 7.76. The summed E-state index contributed by atoms with van der Waals surface area (Å²) in [5.74, 6) is -4.31. The predicted molar refractivity (Wildman–Crippen MR) is 51.1 cm³/mol. The molecule has 1 aromatic rings. The first-order chi connectivity index (χ1) is 7.46. The Morgan fingerprint density at radius 1 is 0.824 bits per heavy atom. The normalized spacial score (nSPS) is 12.6. The summed E-state index contributed by atoms with van der Waals surface area (Å²) in [5.41, 5.74) is 0. The molecular formula is C6H6O9S2. The molecule has 17 heavy (non-hydrogen) atoms. The van der Waals surface area contributed by atoms with Gasteiger partial charge in [0.15, 0.2) is 22.1 Å². The molecule has 0 heterocycles. The van der Waals surface area contributed by atoms with Crippen LogP contribution < -0.4 is 0 Å². The summed E-state index contributed by atoms with van der Waals surface area (Å²) in [6.07, 6.45) is 0. The molecule has 0 radical (unpaired) electrons. The van der Waals surface area contributed by atoms with E-state index >= 15 is 0 Å². The Kier molecular flexibility index (Phi) is 2.96. The summed E-state index contributed by atoms with van der Waals surface area (Å²) < 4.78 is 60.2. The summed E-state index contributed by atoms with van der Waals surface area (Å²) in [7, 11) is -10.3. The highest BCUT2D eigenvalue weighted by molar-refractivity contribution is 7.87. The third kappa shape index (κ3) is 2.41. The van der Waals surface area contributed by atoms with Crippen LogP contribution >= 0.6 is 0 Å². The van der Waals surface area contributed by atoms with Crippen LogP contribution in [-0.4, -0.2) is 41.3 Å². The molecule has 0 bridgehead atoms. The van der Waals surface area contributed by atoms with Crippen molar-refractivity contribution < 1.29 is 41.3 Å². The number of phenols is 3. The molecule has 0 spiro atoms. The lowest BCUT2D eigenvalue weighted by atomic mass is 10.3. The van der Waals surface area contributed by atoms with Gasteiger partial charge in [0.1, 0.15) is 4.90 Å². The van der Waals surface area contributed by atoms with Crippen LogP contribution in [0.2, 0.25) is 0 Å². The molecule has 0 fully saturated rings. The Hall–Kier alpha value is -1.56. The van der Waals surface area contributed by atoms with Crippen LogP contribution in [0.1, 0.15) is 0 Å². The van der Waals surface area contributed by atoms with Gasteiger partial charge in [0.05, 0.1) is 0 Å². The van der Waals surface area contributed by atoms with Crippen molar-refractivity contribution in [2.24, 2.45) is 0 Å². The van der Waals surface area contributed by atoms with Gasteiger partial charge in [-0.15, -0.1) is 0 Å². The lowest BCUT2D eigenvalue weighted by Crippen LogP contribution is -2.05. The van der Waals surface area contributed by atoms with Crippen LogP contribution in [0, 0.1) is 0 Å². The van der Waals surface area contributed by atoms with Crippen LogP contribution in [0.25, 0.3) is 0 Å². The van der Waals surface area contributed by atoms with Crippen LogP contribution in [0.3, 0.4) is 0 Å². The Balaban J connectivity index is 3.93. The van der Waals surface area contributed by atoms with Gasteiger partial charge in [0.25, 0.3) is 10.1 Å². The SMILES string of the molecule is O=S(=O)(O)c1cc(O)c(O)c(S(=O)(=O)O)c1O. The maximum absolute atomic E-state index is 10.8. The molecule has 0 aliphatic heterocycles. The van der Waals surface area contributed by atoms with Gasteiger partial charge in [0.2, 0.25) is 0 Å². The van der Waals surface area contributed by atoms with Crippen molar-refractivity contribution >= 4 is 20.2 Å². The molecule has 9 nitrogen and oxygen atoms in total. The van der Waals surface area contributed by atoms with E-state index in [1.807, 2.05) is 0 Å². The molecule has 0 aliphatic rings. The maximum Gasteiger partial charge on any atom is 0.302 e. The van der Waals surface area contributed by atoms with Gasteiger partial charge in [-0.05, 0) is 0 Å². The Morgan fingerprint density at radius 2 is 1.29 bits per heavy atom. The molecule has 5 N–H and O–H groups in total. The van der Waals surface area contributed by atoms with Crippen molar-refractivity contribution in [1.82, 2.24) is 0 Å².